The van der Waals surface area contributed by atoms with E-state index >= 15 is 0 Å². The fourth-order valence-corrected chi connectivity index (χ4v) is 2.37. The maximum absolute atomic E-state index is 5.30. The highest BCUT2D eigenvalue weighted by Crippen LogP contribution is 2.07. The molecule has 0 aromatic carbocycles. The Labute approximate surface area is 143 Å². The SMILES string of the molecule is CCOCCCCNC(=NC)NCCc1cccs1.I. The van der Waals surface area contributed by atoms with Gasteiger partial charge in [-0.05, 0) is 37.6 Å². The molecule has 4 nitrogen and oxygen atoms in total. The van der Waals surface area contributed by atoms with Crippen molar-refractivity contribution in [1.29, 1.82) is 0 Å². The van der Waals surface area contributed by atoms with Gasteiger partial charge in [0.05, 0.1) is 0 Å². The van der Waals surface area contributed by atoms with Crippen molar-refractivity contribution in [3.63, 3.8) is 0 Å². The maximum atomic E-state index is 5.30. The lowest BCUT2D eigenvalue weighted by Crippen LogP contribution is -2.38. The Morgan fingerprint density at radius 3 is 2.75 bits per heavy atom. The number of hydrogen-bond acceptors (Lipinski definition) is 3. The zero-order valence-electron chi connectivity index (χ0n) is 12.4. The second-order valence-corrected chi connectivity index (χ2v) is 5.19. The van der Waals surface area contributed by atoms with Crippen molar-refractivity contribution in [2.24, 2.45) is 4.99 Å². The van der Waals surface area contributed by atoms with Crippen LogP contribution in [0.4, 0.5) is 0 Å². The molecule has 0 amide bonds. The van der Waals surface area contributed by atoms with Crippen molar-refractivity contribution in [1.82, 2.24) is 10.6 Å². The summed E-state index contributed by atoms with van der Waals surface area (Å²) in [6.45, 7) is 5.53. The van der Waals surface area contributed by atoms with E-state index in [0.29, 0.717) is 0 Å². The predicted octanol–water partition coefficient (Wildman–Crippen LogP) is 2.89. The van der Waals surface area contributed by atoms with Crippen molar-refractivity contribution in [3.8, 4) is 0 Å². The van der Waals surface area contributed by atoms with E-state index < -0.39 is 0 Å². The molecule has 1 heterocycles. The molecular weight excluding hydrogens is 385 g/mol. The quantitative estimate of drug-likeness (QED) is 0.284. The van der Waals surface area contributed by atoms with Gasteiger partial charge in [-0.3, -0.25) is 4.99 Å². The second kappa shape index (κ2) is 13.6. The van der Waals surface area contributed by atoms with E-state index in [-0.39, 0.29) is 24.0 Å². The third kappa shape index (κ3) is 9.55. The topological polar surface area (TPSA) is 45.6 Å². The molecule has 1 aromatic heterocycles. The van der Waals surface area contributed by atoms with E-state index in [0.717, 1.165) is 51.5 Å². The number of aliphatic imine (C=N–C) groups is 1. The first-order chi connectivity index (χ1) is 9.36. The van der Waals surface area contributed by atoms with Gasteiger partial charge in [-0.1, -0.05) is 6.07 Å². The summed E-state index contributed by atoms with van der Waals surface area (Å²) in [5, 5.41) is 8.75. The summed E-state index contributed by atoms with van der Waals surface area (Å²) in [7, 11) is 1.81. The third-order valence-corrected chi connectivity index (χ3v) is 3.62. The van der Waals surface area contributed by atoms with Crippen LogP contribution in [0.25, 0.3) is 0 Å². The molecule has 116 valence electrons. The minimum atomic E-state index is 0. The third-order valence-electron chi connectivity index (χ3n) is 2.68. The number of halogens is 1. The molecule has 0 aliphatic rings. The van der Waals surface area contributed by atoms with Gasteiger partial charge in [-0.25, -0.2) is 0 Å². The number of unbranched alkanes of at least 4 members (excludes halogenated alkanes) is 1. The number of nitrogens with zero attached hydrogens (tertiary/aromatic N) is 1. The van der Waals surface area contributed by atoms with Gasteiger partial charge >= 0.3 is 0 Å². The highest BCUT2D eigenvalue weighted by atomic mass is 127. The standard InChI is InChI=1S/C14H25N3OS.HI/c1-3-18-11-5-4-9-16-14(15-2)17-10-8-13-7-6-12-19-13;/h6-7,12H,3-5,8-11H2,1-2H3,(H2,15,16,17);1H. The molecule has 0 fully saturated rings. The average molecular weight is 411 g/mol. The molecule has 0 saturated heterocycles. The lowest BCUT2D eigenvalue weighted by Gasteiger charge is -2.11. The van der Waals surface area contributed by atoms with Crippen LogP contribution in [0.1, 0.15) is 24.6 Å². The average Bonchev–Trinajstić information content (AvgIpc) is 2.93. The van der Waals surface area contributed by atoms with Gasteiger partial charge in [0.1, 0.15) is 0 Å². The van der Waals surface area contributed by atoms with E-state index in [1.807, 2.05) is 6.92 Å². The van der Waals surface area contributed by atoms with Crippen molar-refractivity contribution >= 4 is 41.3 Å². The molecule has 0 bridgehead atoms. The molecule has 0 atom stereocenters. The van der Waals surface area contributed by atoms with Gasteiger partial charge in [0.2, 0.25) is 0 Å². The predicted molar refractivity (Wildman–Crippen MR) is 98.5 cm³/mol. The van der Waals surface area contributed by atoms with Crippen LogP contribution < -0.4 is 10.6 Å². The molecule has 20 heavy (non-hydrogen) atoms. The first kappa shape index (κ1) is 19.7. The largest absolute Gasteiger partial charge is 0.382 e. The summed E-state index contributed by atoms with van der Waals surface area (Å²) in [6.07, 6.45) is 3.24. The summed E-state index contributed by atoms with van der Waals surface area (Å²) < 4.78 is 5.30. The minimum Gasteiger partial charge on any atom is -0.382 e. The first-order valence-electron chi connectivity index (χ1n) is 6.91. The minimum absolute atomic E-state index is 0. The summed E-state index contributed by atoms with van der Waals surface area (Å²) in [4.78, 5) is 5.61. The van der Waals surface area contributed by atoms with Gasteiger partial charge in [-0.2, -0.15) is 0 Å². The number of nitrogens with one attached hydrogen (secondary N) is 2. The van der Waals surface area contributed by atoms with Crippen molar-refractivity contribution in [2.45, 2.75) is 26.2 Å². The zero-order valence-corrected chi connectivity index (χ0v) is 15.5. The Morgan fingerprint density at radius 2 is 2.10 bits per heavy atom. The smallest absolute Gasteiger partial charge is 0.190 e. The van der Waals surface area contributed by atoms with Crippen LogP contribution in [0.2, 0.25) is 0 Å². The summed E-state index contributed by atoms with van der Waals surface area (Å²) in [6, 6.07) is 4.25. The molecule has 1 aromatic rings. The van der Waals surface area contributed by atoms with Crippen molar-refractivity contribution in [3.05, 3.63) is 22.4 Å². The van der Waals surface area contributed by atoms with E-state index in [9.17, 15) is 0 Å². The molecule has 0 spiro atoms. The van der Waals surface area contributed by atoms with Crippen LogP contribution in [0.3, 0.4) is 0 Å². The lowest BCUT2D eigenvalue weighted by molar-refractivity contribution is 0.143. The van der Waals surface area contributed by atoms with E-state index in [1.54, 1.807) is 18.4 Å². The van der Waals surface area contributed by atoms with Crippen LogP contribution >= 0.6 is 35.3 Å². The van der Waals surface area contributed by atoms with Crippen LogP contribution in [0.15, 0.2) is 22.5 Å². The van der Waals surface area contributed by atoms with Crippen molar-refractivity contribution < 1.29 is 4.74 Å². The number of rotatable bonds is 9. The lowest BCUT2D eigenvalue weighted by atomic mass is 10.3. The van der Waals surface area contributed by atoms with Crippen molar-refractivity contribution in [2.75, 3.05) is 33.4 Å². The van der Waals surface area contributed by atoms with E-state index in [4.69, 9.17) is 4.74 Å². The van der Waals surface area contributed by atoms with Gasteiger partial charge in [0.25, 0.3) is 0 Å². The normalized spacial score (nSPS) is 11.0. The van der Waals surface area contributed by atoms with Crippen LogP contribution in [-0.4, -0.2) is 39.3 Å². The van der Waals surface area contributed by atoms with Gasteiger partial charge < -0.3 is 15.4 Å². The number of ether oxygens (including phenoxy) is 1. The molecule has 0 aliphatic carbocycles. The van der Waals surface area contributed by atoms with E-state index in [1.165, 1.54) is 4.88 Å². The van der Waals surface area contributed by atoms with Gasteiger partial charge in [-0.15, -0.1) is 35.3 Å². The molecule has 6 heteroatoms. The Hall–Kier alpha value is -0.340. The Kier molecular flexibility index (Phi) is 13.4. The number of guanidine groups is 1. The highest BCUT2D eigenvalue weighted by Gasteiger charge is 1.98. The fraction of sp³-hybridized carbons (Fsp3) is 0.643. The first-order valence-corrected chi connectivity index (χ1v) is 7.79. The Morgan fingerprint density at radius 1 is 1.30 bits per heavy atom. The van der Waals surface area contributed by atoms with E-state index in [2.05, 4.69) is 33.1 Å². The molecule has 1 rings (SSSR count). The molecule has 0 aliphatic heterocycles. The van der Waals surface area contributed by atoms with Gasteiger partial charge in [0, 0.05) is 38.2 Å². The summed E-state index contributed by atoms with van der Waals surface area (Å²) in [5.74, 6) is 0.882. The molecule has 0 saturated carbocycles. The maximum Gasteiger partial charge on any atom is 0.190 e. The molecule has 2 N–H and O–H groups in total. The number of thiophene rings is 1. The second-order valence-electron chi connectivity index (χ2n) is 4.16. The zero-order chi connectivity index (χ0) is 13.8. The Balaban J connectivity index is 0.00000361. The molecular formula is C14H26IN3OS. The summed E-state index contributed by atoms with van der Waals surface area (Å²) in [5.41, 5.74) is 0. The molecule has 0 radical (unpaired) electrons. The molecule has 0 unspecified atom stereocenters. The number of hydrogen-bond donors (Lipinski definition) is 2. The summed E-state index contributed by atoms with van der Waals surface area (Å²) >= 11 is 1.80. The van der Waals surface area contributed by atoms with Crippen LogP contribution in [-0.2, 0) is 11.2 Å². The van der Waals surface area contributed by atoms with Crippen LogP contribution in [0.5, 0.6) is 0 Å². The Bertz CT molecular complexity index is 344. The van der Waals surface area contributed by atoms with Crippen LogP contribution in [0, 0.1) is 0 Å². The fourth-order valence-electron chi connectivity index (χ4n) is 1.66. The van der Waals surface area contributed by atoms with Gasteiger partial charge in [0.15, 0.2) is 5.96 Å². The highest BCUT2D eigenvalue weighted by molar-refractivity contribution is 14.0. The monoisotopic (exact) mass is 411 g/mol.